The maximum Gasteiger partial charge on any atom is 0.221 e. The number of nitrogens with two attached hydrogens (primary N) is 1. The van der Waals surface area contributed by atoms with Crippen LogP contribution in [0.5, 0.6) is 0 Å². The summed E-state index contributed by atoms with van der Waals surface area (Å²) in [6.07, 6.45) is 0.420. The molecular formula is C11H18N4O. The number of hydrogen-bond donors (Lipinski definition) is 3. The van der Waals surface area contributed by atoms with Crippen LogP contribution in [0, 0.1) is 6.92 Å². The molecule has 0 radical (unpaired) electrons. The quantitative estimate of drug-likeness (QED) is 0.691. The fraction of sp³-hybridized carbons (Fsp3) is 0.455. The predicted molar refractivity (Wildman–Crippen MR) is 65.2 cm³/mol. The van der Waals surface area contributed by atoms with Gasteiger partial charge in [0.2, 0.25) is 5.91 Å². The Morgan fingerprint density at radius 2 is 2.25 bits per heavy atom. The summed E-state index contributed by atoms with van der Waals surface area (Å²) in [4.78, 5) is 15.4. The predicted octanol–water partition coefficient (Wildman–Crippen LogP) is 0.910. The minimum absolute atomic E-state index is 0.0289. The molecule has 4 N–H and O–H groups in total. The van der Waals surface area contributed by atoms with Crippen molar-refractivity contribution in [2.45, 2.75) is 20.3 Å². The number of aryl methyl sites for hydroxylation is 1. The van der Waals surface area contributed by atoms with Crippen LogP contribution in [0.3, 0.4) is 0 Å². The molecular weight excluding hydrogens is 204 g/mol. The first-order valence-electron chi connectivity index (χ1n) is 5.37. The smallest absolute Gasteiger partial charge is 0.221 e. The number of nitrogens with zero attached hydrogens (tertiary/aromatic N) is 1. The van der Waals surface area contributed by atoms with E-state index in [-0.39, 0.29) is 5.91 Å². The van der Waals surface area contributed by atoms with Crippen molar-refractivity contribution < 1.29 is 4.79 Å². The van der Waals surface area contributed by atoms with E-state index in [9.17, 15) is 4.79 Å². The molecule has 1 rings (SSSR count). The Morgan fingerprint density at radius 1 is 1.50 bits per heavy atom. The molecule has 0 aromatic carbocycles. The van der Waals surface area contributed by atoms with Crippen LogP contribution in [0.25, 0.3) is 0 Å². The van der Waals surface area contributed by atoms with Gasteiger partial charge in [-0.2, -0.15) is 0 Å². The Balaban J connectivity index is 2.42. The summed E-state index contributed by atoms with van der Waals surface area (Å²) in [5.74, 6) is 0.672. The van der Waals surface area contributed by atoms with Crippen LogP contribution in [0.1, 0.15) is 19.0 Å². The molecule has 0 aliphatic heterocycles. The Kier molecular flexibility index (Phi) is 4.57. The Morgan fingerprint density at radius 3 is 2.94 bits per heavy atom. The van der Waals surface area contributed by atoms with Crippen LogP contribution >= 0.6 is 0 Å². The van der Waals surface area contributed by atoms with Crippen molar-refractivity contribution in [2.75, 3.05) is 24.1 Å². The number of aromatic nitrogens is 1. The molecule has 5 nitrogen and oxygen atoms in total. The molecule has 0 spiro atoms. The molecule has 1 heterocycles. The van der Waals surface area contributed by atoms with E-state index in [1.807, 2.05) is 19.9 Å². The molecule has 0 bridgehead atoms. The molecule has 0 aliphatic rings. The highest BCUT2D eigenvalue weighted by Crippen LogP contribution is 2.14. The van der Waals surface area contributed by atoms with Gasteiger partial charge < -0.3 is 16.4 Å². The molecule has 0 fully saturated rings. The van der Waals surface area contributed by atoms with Crippen molar-refractivity contribution in [3.05, 3.63) is 17.8 Å². The topological polar surface area (TPSA) is 80.0 Å². The minimum Gasteiger partial charge on any atom is -0.396 e. The van der Waals surface area contributed by atoms with E-state index in [1.165, 1.54) is 0 Å². The number of carbonyl (C=O) groups is 1. The van der Waals surface area contributed by atoms with E-state index >= 15 is 0 Å². The third kappa shape index (κ3) is 3.76. The van der Waals surface area contributed by atoms with Gasteiger partial charge in [0, 0.05) is 25.2 Å². The lowest BCUT2D eigenvalue weighted by atomic mass is 10.3. The fourth-order valence-corrected chi connectivity index (χ4v) is 1.29. The largest absolute Gasteiger partial charge is 0.396 e. The Bertz CT molecular complexity index is 365. The van der Waals surface area contributed by atoms with Gasteiger partial charge in [0.15, 0.2) is 0 Å². The Hall–Kier alpha value is -1.78. The van der Waals surface area contributed by atoms with Gasteiger partial charge in [-0.15, -0.1) is 0 Å². The molecule has 1 amide bonds. The van der Waals surface area contributed by atoms with Crippen molar-refractivity contribution in [1.29, 1.82) is 0 Å². The monoisotopic (exact) mass is 222 g/mol. The molecule has 0 aliphatic carbocycles. The second kappa shape index (κ2) is 5.95. The third-order valence-electron chi connectivity index (χ3n) is 2.08. The zero-order valence-electron chi connectivity index (χ0n) is 9.71. The number of rotatable bonds is 5. The molecule has 1 aromatic rings. The third-order valence-corrected chi connectivity index (χ3v) is 2.08. The number of nitrogen functional groups attached to an aromatic ring is 1. The van der Waals surface area contributed by atoms with Crippen LogP contribution in [-0.2, 0) is 4.79 Å². The van der Waals surface area contributed by atoms with Gasteiger partial charge in [-0.25, -0.2) is 4.98 Å². The summed E-state index contributed by atoms with van der Waals surface area (Å²) in [6, 6.07) is 3.65. The maximum atomic E-state index is 11.2. The first kappa shape index (κ1) is 12.3. The summed E-state index contributed by atoms with van der Waals surface area (Å²) in [6.45, 7) is 4.98. The molecule has 0 atom stereocenters. The number of pyridine rings is 1. The lowest BCUT2D eigenvalue weighted by Crippen LogP contribution is -2.25. The van der Waals surface area contributed by atoms with Gasteiger partial charge in [-0.05, 0) is 26.0 Å². The summed E-state index contributed by atoms with van der Waals surface area (Å²) >= 11 is 0. The summed E-state index contributed by atoms with van der Waals surface area (Å²) in [5.41, 5.74) is 7.24. The highest BCUT2D eigenvalue weighted by molar-refractivity contribution is 5.76. The number of anilines is 2. The number of carbonyl (C=O) groups excluding carboxylic acids is 1. The van der Waals surface area contributed by atoms with Crippen LogP contribution in [0.4, 0.5) is 11.5 Å². The zero-order chi connectivity index (χ0) is 12.0. The number of hydrogen-bond acceptors (Lipinski definition) is 4. The first-order chi connectivity index (χ1) is 7.63. The van der Waals surface area contributed by atoms with E-state index < -0.39 is 0 Å². The van der Waals surface area contributed by atoms with Gasteiger partial charge in [-0.3, -0.25) is 4.79 Å². The van der Waals surface area contributed by atoms with Crippen molar-refractivity contribution in [2.24, 2.45) is 0 Å². The standard InChI is InChI=1S/C11H18N4O/c1-3-13-10(16)6-7-14-11-9(12)5-4-8(2)15-11/h4-5H,3,6-7,12H2,1-2H3,(H,13,16)(H,14,15). The molecule has 16 heavy (non-hydrogen) atoms. The molecule has 88 valence electrons. The highest BCUT2D eigenvalue weighted by Gasteiger charge is 2.02. The lowest BCUT2D eigenvalue weighted by molar-refractivity contribution is -0.120. The van der Waals surface area contributed by atoms with E-state index in [4.69, 9.17) is 5.73 Å². The SMILES string of the molecule is CCNC(=O)CCNc1nc(C)ccc1N. The van der Waals surface area contributed by atoms with Gasteiger partial charge in [0.25, 0.3) is 0 Å². The molecule has 0 saturated heterocycles. The van der Waals surface area contributed by atoms with Crippen LogP contribution in [-0.4, -0.2) is 24.0 Å². The normalized spacial score (nSPS) is 9.88. The summed E-state index contributed by atoms with van der Waals surface area (Å²) < 4.78 is 0. The van der Waals surface area contributed by atoms with Crippen LogP contribution < -0.4 is 16.4 Å². The van der Waals surface area contributed by atoms with E-state index in [1.54, 1.807) is 6.07 Å². The molecule has 0 unspecified atom stereocenters. The molecule has 5 heteroatoms. The van der Waals surface area contributed by atoms with Gasteiger partial charge in [0.1, 0.15) is 5.82 Å². The van der Waals surface area contributed by atoms with E-state index in [2.05, 4.69) is 15.6 Å². The van der Waals surface area contributed by atoms with Gasteiger partial charge >= 0.3 is 0 Å². The minimum atomic E-state index is 0.0289. The zero-order valence-corrected chi connectivity index (χ0v) is 9.71. The molecule has 0 saturated carbocycles. The number of amides is 1. The van der Waals surface area contributed by atoms with E-state index in [0.29, 0.717) is 31.0 Å². The second-order valence-corrected chi connectivity index (χ2v) is 3.52. The molecule has 1 aromatic heterocycles. The average Bonchev–Trinajstić information content (AvgIpc) is 2.23. The fourth-order valence-electron chi connectivity index (χ4n) is 1.29. The van der Waals surface area contributed by atoms with E-state index in [0.717, 1.165) is 5.69 Å². The van der Waals surface area contributed by atoms with Crippen molar-refractivity contribution in [1.82, 2.24) is 10.3 Å². The van der Waals surface area contributed by atoms with Crippen LogP contribution in [0.15, 0.2) is 12.1 Å². The highest BCUT2D eigenvalue weighted by atomic mass is 16.1. The van der Waals surface area contributed by atoms with Crippen molar-refractivity contribution in [3.63, 3.8) is 0 Å². The van der Waals surface area contributed by atoms with Crippen LogP contribution in [0.2, 0.25) is 0 Å². The first-order valence-corrected chi connectivity index (χ1v) is 5.37. The maximum absolute atomic E-state index is 11.2. The number of nitrogens with one attached hydrogen (secondary N) is 2. The summed E-state index contributed by atoms with van der Waals surface area (Å²) in [5, 5.41) is 5.77. The Labute approximate surface area is 95.4 Å². The van der Waals surface area contributed by atoms with Gasteiger partial charge in [0.05, 0.1) is 5.69 Å². The van der Waals surface area contributed by atoms with Gasteiger partial charge in [-0.1, -0.05) is 0 Å². The second-order valence-electron chi connectivity index (χ2n) is 3.52. The average molecular weight is 222 g/mol. The summed E-state index contributed by atoms with van der Waals surface area (Å²) in [7, 11) is 0. The van der Waals surface area contributed by atoms with Crippen molar-refractivity contribution >= 4 is 17.4 Å². The van der Waals surface area contributed by atoms with Crippen molar-refractivity contribution in [3.8, 4) is 0 Å². The lowest BCUT2D eigenvalue weighted by Gasteiger charge is -2.08.